The van der Waals surface area contributed by atoms with Crippen LogP contribution < -0.4 is 10.1 Å². The first kappa shape index (κ1) is 22.5. The Kier molecular flexibility index (Phi) is 6.41. The first-order chi connectivity index (χ1) is 15.9. The van der Waals surface area contributed by atoms with Crippen molar-refractivity contribution < 1.29 is 23.6 Å². The number of esters is 1. The van der Waals surface area contributed by atoms with Crippen LogP contribution in [0.3, 0.4) is 0 Å². The smallest absolute Gasteiger partial charge is 0.339 e. The number of rotatable bonds is 7. The Morgan fingerprint density at radius 1 is 1.15 bits per heavy atom. The van der Waals surface area contributed by atoms with E-state index < -0.39 is 18.5 Å². The maximum absolute atomic E-state index is 13.0. The normalized spacial score (nSPS) is 10.9. The van der Waals surface area contributed by atoms with Crippen LogP contribution in [0.5, 0.6) is 5.75 Å². The number of nitrogens with zero attached hydrogens (tertiary/aromatic N) is 2. The summed E-state index contributed by atoms with van der Waals surface area (Å²) in [5.74, 6) is -0.596. The molecular formula is C24H23N3O5S. The Hall–Kier alpha value is -3.72. The van der Waals surface area contributed by atoms with E-state index in [0.29, 0.717) is 34.8 Å². The van der Waals surface area contributed by atoms with Gasteiger partial charge in [-0.3, -0.25) is 4.79 Å². The molecule has 3 aromatic heterocycles. The van der Waals surface area contributed by atoms with E-state index in [4.69, 9.17) is 14.0 Å². The van der Waals surface area contributed by atoms with Gasteiger partial charge in [-0.1, -0.05) is 17.3 Å². The number of carbonyl (C=O) groups excluding carboxylic acids is 2. The third kappa shape index (κ3) is 4.73. The Balaban J connectivity index is 1.56. The molecule has 0 spiro atoms. The Morgan fingerprint density at radius 2 is 1.94 bits per heavy atom. The Bertz CT molecular complexity index is 1340. The van der Waals surface area contributed by atoms with E-state index in [1.165, 1.54) is 0 Å². The molecule has 0 radical (unpaired) electrons. The van der Waals surface area contributed by atoms with Crippen molar-refractivity contribution in [2.75, 3.05) is 18.5 Å². The lowest BCUT2D eigenvalue weighted by atomic mass is 10.1. The van der Waals surface area contributed by atoms with Crippen molar-refractivity contribution >= 4 is 40.0 Å². The number of anilines is 1. The minimum absolute atomic E-state index is 0.246. The van der Waals surface area contributed by atoms with Crippen LogP contribution in [0.1, 0.15) is 32.7 Å². The monoisotopic (exact) mass is 465 g/mol. The summed E-state index contributed by atoms with van der Waals surface area (Å²) in [5, 5.41) is 7.12. The summed E-state index contributed by atoms with van der Waals surface area (Å²) in [6.45, 7) is 7.59. The number of nitrogens with one attached hydrogen (secondary N) is 1. The average Bonchev–Trinajstić information content (AvgIpc) is 3.34. The predicted molar refractivity (Wildman–Crippen MR) is 126 cm³/mol. The summed E-state index contributed by atoms with van der Waals surface area (Å²) < 4.78 is 16.2. The van der Waals surface area contributed by atoms with Gasteiger partial charge in [0, 0.05) is 15.3 Å². The second-order valence-corrected chi connectivity index (χ2v) is 8.84. The van der Waals surface area contributed by atoms with E-state index >= 15 is 0 Å². The van der Waals surface area contributed by atoms with E-state index in [-0.39, 0.29) is 11.3 Å². The SMILES string of the molecule is CCOc1ccccc1NC(=O)COC(=O)c1cc(-c2cc(C)sc2C)nc2onc(C)c12. The molecule has 8 nitrogen and oxygen atoms in total. The van der Waals surface area contributed by atoms with Gasteiger partial charge in [0.2, 0.25) is 0 Å². The van der Waals surface area contributed by atoms with Crippen LogP contribution >= 0.6 is 11.3 Å². The van der Waals surface area contributed by atoms with E-state index in [9.17, 15) is 9.59 Å². The fourth-order valence-corrected chi connectivity index (χ4v) is 4.46. The van der Waals surface area contributed by atoms with Crippen LogP contribution in [0.4, 0.5) is 5.69 Å². The molecule has 0 aliphatic carbocycles. The van der Waals surface area contributed by atoms with Crippen molar-refractivity contribution in [2.24, 2.45) is 0 Å². The van der Waals surface area contributed by atoms with Gasteiger partial charge >= 0.3 is 5.97 Å². The van der Waals surface area contributed by atoms with Gasteiger partial charge in [0.05, 0.1) is 34.6 Å². The minimum atomic E-state index is -0.659. The molecule has 0 saturated heterocycles. The summed E-state index contributed by atoms with van der Waals surface area (Å²) in [5.41, 5.74) is 3.02. The number of carbonyl (C=O) groups is 2. The summed E-state index contributed by atoms with van der Waals surface area (Å²) in [4.78, 5) is 32.2. The molecule has 1 N–H and O–H groups in total. The fraction of sp³-hybridized carbons (Fsp3) is 0.250. The number of aromatic nitrogens is 2. The zero-order valence-electron chi connectivity index (χ0n) is 18.7. The van der Waals surface area contributed by atoms with Crippen LogP contribution in [0.25, 0.3) is 22.4 Å². The van der Waals surface area contributed by atoms with Gasteiger partial charge in [-0.15, -0.1) is 11.3 Å². The zero-order chi connectivity index (χ0) is 23.5. The molecule has 0 atom stereocenters. The molecule has 170 valence electrons. The van der Waals surface area contributed by atoms with Gasteiger partial charge in [0.15, 0.2) is 6.61 Å². The van der Waals surface area contributed by atoms with Gasteiger partial charge in [0.1, 0.15) is 5.75 Å². The maximum Gasteiger partial charge on any atom is 0.339 e. The standard InChI is InChI=1S/C24H23N3O5S/c1-5-30-20-9-7-6-8-18(20)25-21(28)12-31-24(29)17-11-19(16-10-13(2)33-15(16)4)26-23-22(17)14(3)27-32-23/h6-11H,5,12H2,1-4H3,(H,25,28). The van der Waals surface area contributed by atoms with Crippen molar-refractivity contribution in [1.82, 2.24) is 10.1 Å². The van der Waals surface area contributed by atoms with Crippen LogP contribution in [0, 0.1) is 20.8 Å². The molecule has 4 rings (SSSR count). The average molecular weight is 466 g/mol. The van der Waals surface area contributed by atoms with Crippen molar-refractivity contribution in [3.05, 3.63) is 57.4 Å². The summed E-state index contributed by atoms with van der Waals surface area (Å²) in [7, 11) is 0. The highest BCUT2D eigenvalue weighted by atomic mass is 32.1. The minimum Gasteiger partial charge on any atom is -0.492 e. The number of fused-ring (bicyclic) bond motifs is 1. The molecule has 0 aliphatic heterocycles. The number of aryl methyl sites for hydroxylation is 3. The van der Waals surface area contributed by atoms with E-state index in [1.807, 2.05) is 32.9 Å². The molecular weight excluding hydrogens is 442 g/mol. The van der Waals surface area contributed by atoms with Crippen molar-refractivity contribution in [3.63, 3.8) is 0 Å². The number of hydrogen-bond acceptors (Lipinski definition) is 8. The largest absolute Gasteiger partial charge is 0.492 e. The maximum atomic E-state index is 13.0. The highest BCUT2D eigenvalue weighted by Gasteiger charge is 2.22. The number of hydrogen-bond donors (Lipinski definition) is 1. The third-order valence-electron chi connectivity index (χ3n) is 4.95. The second kappa shape index (κ2) is 9.41. The van der Waals surface area contributed by atoms with Gasteiger partial charge in [-0.05, 0) is 52.0 Å². The van der Waals surface area contributed by atoms with E-state index in [1.54, 1.807) is 42.5 Å². The first-order valence-corrected chi connectivity index (χ1v) is 11.2. The molecule has 33 heavy (non-hydrogen) atoms. The summed E-state index contributed by atoms with van der Waals surface area (Å²) in [6.07, 6.45) is 0. The molecule has 0 bridgehead atoms. The number of thiophene rings is 1. The predicted octanol–water partition coefficient (Wildman–Crippen LogP) is 5.07. The summed E-state index contributed by atoms with van der Waals surface area (Å²) in [6, 6.07) is 10.7. The first-order valence-electron chi connectivity index (χ1n) is 10.4. The fourth-order valence-electron chi connectivity index (χ4n) is 3.53. The Labute approximate surface area is 194 Å². The number of para-hydroxylation sites is 2. The number of amides is 1. The van der Waals surface area contributed by atoms with E-state index in [2.05, 4.69) is 15.5 Å². The lowest BCUT2D eigenvalue weighted by Crippen LogP contribution is -2.21. The third-order valence-corrected chi connectivity index (χ3v) is 5.92. The molecule has 0 unspecified atom stereocenters. The lowest BCUT2D eigenvalue weighted by Gasteiger charge is -2.11. The second-order valence-electron chi connectivity index (χ2n) is 7.38. The lowest BCUT2D eigenvalue weighted by molar-refractivity contribution is -0.119. The van der Waals surface area contributed by atoms with Crippen molar-refractivity contribution in [1.29, 1.82) is 0 Å². The molecule has 0 saturated carbocycles. The van der Waals surface area contributed by atoms with Crippen LogP contribution in [-0.4, -0.2) is 35.2 Å². The number of pyridine rings is 1. The van der Waals surface area contributed by atoms with Gasteiger partial charge in [-0.25, -0.2) is 9.78 Å². The van der Waals surface area contributed by atoms with Crippen LogP contribution in [0.2, 0.25) is 0 Å². The zero-order valence-corrected chi connectivity index (χ0v) is 19.5. The molecule has 0 fully saturated rings. The Morgan fingerprint density at radius 3 is 2.67 bits per heavy atom. The van der Waals surface area contributed by atoms with Gasteiger partial charge < -0.3 is 19.3 Å². The van der Waals surface area contributed by atoms with Gasteiger partial charge in [-0.2, -0.15) is 0 Å². The molecule has 4 aromatic rings. The quantitative estimate of drug-likeness (QED) is 0.380. The molecule has 0 aliphatic rings. The van der Waals surface area contributed by atoms with Crippen LogP contribution in [0.15, 0.2) is 40.9 Å². The highest BCUT2D eigenvalue weighted by molar-refractivity contribution is 7.12. The topological polar surface area (TPSA) is 104 Å². The van der Waals surface area contributed by atoms with Crippen molar-refractivity contribution in [2.45, 2.75) is 27.7 Å². The van der Waals surface area contributed by atoms with Gasteiger partial charge in [0.25, 0.3) is 11.6 Å². The van der Waals surface area contributed by atoms with Crippen LogP contribution in [-0.2, 0) is 9.53 Å². The van der Waals surface area contributed by atoms with Crippen molar-refractivity contribution in [3.8, 4) is 17.0 Å². The number of benzene rings is 1. The summed E-state index contributed by atoms with van der Waals surface area (Å²) >= 11 is 1.64. The molecule has 9 heteroatoms. The van der Waals surface area contributed by atoms with E-state index in [0.717, 1.165) is 15.3 Å². The number of ether oxygens (including phenoxy) is 2. The molecule has 1 aromatic carbocycles. The highest BCUT2D eigenvalue weighted by Crippen LogP contribution is 2.33. The molecule has 1 amide bonds. The molecule has 3 heterocycles.